The summed E-state index contributed by atoms with van der Waals surface area (Å²) >= 11 is 1.94. The Bertz CT molecular complexity index is 625. The van der Waals surface area contributed by atoms with Crippen molar-refractivity contribution in [3.8, 4) is 0 Å². The highest BCUT2D eigenvalue weighted by Gasteiger charge is 2.42. The van der Waals surface area contributed by atoms with Gasteiger partial charge in [0.15, 0.2) is 0 Å². The molecule has 12 heteroatoms. The molecule has 3 atom stereocenters. The number of amides is 3. The molecule has 0 saturated carbocycles. The molecule has 2 aliphatic rings. The molecule has 0 bridgehead atoms. The summed E-state index contributed by atoms with van der Waals surface area (Å²) in [6.45, 7) is 1.63. The molecule has 2 heterocycles. The molecular formula is C22H39F3N4O4S. The smallest absolute Gasteiger partial charge is 0.475 e. The Kier molecular flexibility index (Phi) is 15.0. The number of fused-ring (bicyclic) bond motifs is 1. The SMILES string of the molecule is NCCCCCCCCCCNC(=O)CCCC[C@@H]1SC[C@@H]2NC(=O)N[C@@H]21.O=C(O)C(F)(F)F. The van der Waals surface area contributed by atoms with Crippen LogP contribution in [0.3, 0.4) is 0 Å². The first-order valence-corrected chi connectivity index (χ1v) is 13.2. The molecule has 2 saturated heterocycles. The van der Waals surface area contributed by atoms with Crippen LogP contribution in [0.4, 0.5) is 18.0 Å². The lowest BCUT2D eigenvalue weighted by Crippen LogP contribution is -2.36. The minimum atomic E-state index is -5.08. The zero-order valence-electron chi connectivity index (χ0n) is 19.6. The number of nitrogens with two attached hydrogens (primary N) is 1. The number of hydrogen-bond acceptors (Lipinski definition) is 5. The number of nitrogens with one attached hydrogen (secondary N) is 3. The largest absolute Gasteiger partial charge is 0.490 e. The van der Waals surface area contributed by atoms with Crippen LogP contribution >= 0.6 is 11.8 Å². The molecular weight excluding hydrogens is 473 g/mol. The first-order chi connectivity index (χ1) is 16.1. The molecule has 0 aromatic rings. The van der Waals surface area contributed by atoms with Crippen molar-refractivity contribution in [2.24, 2.45) is 5.73 Å². The lowest BCUT2D eigenvalue weighted by atomic mass is 10.0. The predicted octanol–water partition coefficient (Wildman–Crippen LogP) is 3.54. The fourth-order valence-corrected chi connectivity index (χ4v) is 5.46. The van der Waals surface area contributed by atoms with Crippen molar-refractivity contribution in [3.63, 3.8) is 0 Å². The van der Waals surface area contributed by atoms with Gasteiger partial charge in [-0.1, -0.05) is 44.9 Å². The van der Waals surface area contributed by atoms with Crippen LogP contribution in [-0.2, 0) is 9.59 Å². The van der Waals surface area contributed by atoms with Gasteiger partial charge in [0.2, 0.25) is 5.91 Å². The molecule has 34 heavy (non-hydrogen) atoms. The highest BCUT2D eigenvalue weighted by atomic mass is 32.2. The summed E-state index contributed by atoms with van der Waals surface area (Å²) in [6, 6.07) is 0.542. The van der Waals surface area contributed by atoms with Crippen molar-refractivity contribution >= 4 is 29.7 Å². The molecule has 0 aliphatic carbocycles. The van der Waals surface area contributed by atoms with Gasteiger partial charge in [0.25, 0.3) is 0 Å². The third-order valence-electron chi connectivity index (χ3n) is 5.78. The maximum Gasteiger partial charge on any atom is 0.490 e. The molecule has 2 fully saturated rings. The van der Waals surface area contributed by atoms with E-state index in [0.29, 0.717) is 17.7 Å². The second-order valence-corrected chi connectivity index (χ2v) is 9.91. The summed E-state index contributed by atoms with van der Waals surface area (Å²) in [5.74, 6) is -1.57. The van der Waals surface area contributed by atoms with Crippen molar-refractivity contribution < 1.29 is 32.7 Å². The number of hydrogen-bond donors (Lipinski definition) is 5. The Balaban J connectivity index is 0.000000718. The number of carbonyl (C=O) groups is 3. The van der Waals surface area contributed by atoms with E-state index in [9.17, 15) is 22.8 Å². The van der Waals surface area contributed by atoms with Gasteiger partial charge in [0, 0.05) is 24.0 Å². The lowest BCUT2D eigenvalue weighted by Gasteiger charge is -2.16. The van der Waals surface area contributed by atoms with Crippen molar-refractivity contribution in [3.05, 3.63) is 0 Å². The topological polar surface area (TPSA) is 134 Å². The Morgan fingerprint density at radius 3 is 2.18 bits per heavy atom. The van der Waals surface area contributed by atoms with Gasteiger partial charge in [-0.05, 0) is 32.2 Å². The number of rotatable bonds is 15. The fraction of sp³-hybridized carbons (Fsp3) is 0.864. The van der Waals surface area contributed by atoms with E-state index in [1.54, 1.807) is 0 Å². The Labute approximate surface area is 203 Å². The van der Waals surface area contributed by atoms with Crippen LogP contribution in [0.2, 0.25) is 0 Å². The maximum absolute atomic E-state index is 11.9. The summed E-state index contributed by atoms with van der Waals surface area (Å²) in [5.41, 5.74) is 5.49. The van der Waals surface area contributed by atoms with Crippen molar-refractivity contribution in [1.29, 1.82) is 0 Å². The van der Waals surface area contributed by atoms with Crippen LogP contribution in [0.25, 0.3) is 0 Å². The van der Waals surface area contributed by atoms with Gasteiger partial charge < -0.3 is 26.8 Å². The third kappa shape index (κ3) is 13.3. The van der Waals surface area contributed by atoms with Crippen LogP contribution in [0.5, 0.6) is 0 Å². The quantitative estimate of drug-likeness (QED) is 0.168. The van der Waals surface area contributed by atoms with E-state index in [-0.39, 0.29) is 18.0 Å². The Hall–Kier alpha value is -1.69. The minimum Gasteiger partial charge on any atom is -0.475 e. The van der Waals surface area contributed by atoms with E-state index >= 15 is 0 Å². The van der Waals surface area contributed by atoms with E-state index in [2.05, 4.69) is 16.0 Å². The van der Waals surface area contributed by atoms with Gasteiger partial charge in [-0.2, -0.15) is 24.9 Å². The van der Waals surface area contributed by atoms with E-state index in [1.807, 2.05) is 11.8 Å². The average molecular weight is 513 g/mol. The first-order valence-electron chi connectivity index (χ1n) is 12.1. The van der Waals surface area contributed by atoms with Gasteiger partial charge in [-0.3, -0.25) is 4.79 Å². The van der Waals surface area contributed by atoms with Gasteiger partial charge in [0.05, 0.1) is 12.1 Å². The lowest BCUT2D eigenvalue weighted by molar-refractivity contribution is -0.192. The summed E-state index contributed by atoms with van der Waals surface area (Å²) in [6.07, 6.45) is 8.49. The molecule has 0 unspecified atom stereocenters. The third-order valence-corrected chi connectivity index (χ3v) is 7.28. The van der Waals surface area contributed by atoms with Crippen molar-refractivity contribution in [2.45, 2.75) is 101 Å². The van der Waals surface area contributed by atoms with Crippen molar-refractivity contribution in [1.82, 2.24) is 16.0 Å². The number of aliphatic carboxylic acids is 1. The number of unbranched alkanes of at least 4 members (excludes halogenated alkanes) is 8. The molecule has 0 radical (unpaired) electrons. The molecule has 2 aliphatic heterocycles. The zero-order chi connectivity index (χ0) is 25.4. The highest BCUT2D eigenvalue weighted by Crippen LogP contribution is 2.33. The monoisotopic (exact) mass is 512 g/mol. The summed E-state index contributed by atoms with van der Waals surface area (Å²) in [7, 11) is 0. The number of carboxylic acids is 1. The number of carboxylic acid groups (broad SMARTS) is 1. The normalized spacial score (nSPS) is 21.2. The number of urea groups is 1. The maximum atomic E-state index is 11.9. The van der Waals surface area contributed by atoms with Gasteiger partial charge in [-0.15, -0.1) is 0 Å². The molecule has 6 N–H and O–H groups in total. The van der Waals surface area contributed by atoms with Crippen LogP contribution in [0, 0.1) is 0 Å². The summed E-state index contributed by atoms with van der Waals surface area (Å²) < 4.78 is 31.7. The van der Waals surface area contributed by atoms with E-state index in [1.165, 1.54) is 38.5 Å². The second kappa shape index (κ2) is 16.9. The fourth-order valence-electron chi connectivity index (χ4n) is 3.92. The van der Waals surface area contributed by atoms with E-state index < -0.39 is 12.1 Å². The second-order valence-electron chi connectivity index (χ2n) is 8.64. The highest BCUT2D eigenvalue weighted by molar-refractivity contribution is 8.00. The number of alkyl halides is 3. The van der Waals surface area contributed by atoms with Gasteiger partial charge >= 0.3 is 18.2 Å². The molecule has 2 rings (SSSR count). The predicted molar refractivity (Wildman–Crippen MR) is 127 cm³/mol. The van der Waals surface area contributed by atoms with Gasteiger partial charge in [0.1, 0.15) is 0 Å². The summed E-state index contributed by atoms with van der Waals surface area (Å²) in [5, 5.41) is 16.7. The Morgan fingerprint density at radius 1 is 1.00 bits per heavy atom. The van der Waals surface area contributed by atoms with Crippen LogP contribution in [0.15, 0.2) is 0 Å². The molecule has 198 valence electrons. The molecule has 8 nitrogen and oxygen atoms in total. The standard InChI is InChI=1S/C20H38N4O2S.C2HF3O2/c21-13-9-5-3-1-2-4-6-10-14-22-18(25)12-8-7-11-17-19-16(15-27-17)23-20(26)24-19;3-2(4,5)1(6)7/h16-17,19H,1-15,21H2,(H,22,25)(H2,23,24,26);(H,6,7)/t16-,17-,19-;/m0./s1. The van der Waals surface area contributed by atoms with E-state index in [0.717, 1.165) is 50.9 Å². The number of carbonyl (C=O) groups excluding carboxylic acids is 2. The van der Waals surface area contributed by atoms with Crippen LogP contribution in [0.1, 0.15) is 77.0 Å². The molecule has 0 aromatic carbocycles. The van der Waals surface area contributed by atoms with Crippen LogP contribution in [-0.4, -0.2) is 65.4 Å². The van der Waals surface area contributed by atoms with Gasteiger partial charge in [-0.25, -0.2) is 9.59 Å². The summed E-state index contributed by atoms with van der Waals surface area (Å²) in [4.78, 5) is 32.2. The van der Waals surface area contributed by atoms with E-state index in [4.69, 9.17) is 15.6 Å². The Morgan fingerprint density at radius 2 is 1.59 bits per heavy atom. The molecule has 0 spiro atoms. The first kappa shape index (κ1) is 30.3. The molecule has 0 aromatic heterocycles. The van der Waals surface area contributed by atoms with Crippen molar-refractivity contribution in [2.75, 3.05) is 18.8 Å². The van der Waals surface area contributed by atoms with Crippen LogP contribution < -0.4 is 21.7 Å². The average Bonchev–Trinajstić information content (AvgIpc) is 3.31. The molecule has 3 amide bonds. The minimum absolute atomic E-state index is 0.0266. The number of thioether (sulfide) groups is 1. The zero-order valence-corrected chi connectivity index (χ0v) is 20.4. The number of halogens is 3.